The first kappa shape index (κ1) is 20.6. The van der Waals surface area contributed by atoms with E-state index in [-0.39, 0.29) is 0 Å². The van der Waals surface area contributed by atoms with Gasteiger partial charge < -0.3 is 5.11 Å². The molecule has 0 amide bonds. The summed E-state index contributed by atoms with van der Waals surface area (Å²) in [6.45, 7) is 4.67. The quantitative estimate of drug-likeness (QED) is 0.350. The molecular weight excluding hydrogens is 240 g/mol. The highest BCUT2D eigenvalue weighted by atomic mass is 32.1. The van der Waals surface area contributed by atoms with Crippen LogP contribution in [0, 0.1) is 0 Å². The fourth-order valence-corrected chi connectivity index (χ4v) is 1.98. The van der Waals surface area contributed by atoms with Crippen LogP contribution in [0.2, 0.25) is 0 Å². The molecule has 0 aliphatic carbocycles. The average molecular weight is 277 g/mol. The lowest BCUT2D eigenvalue weighted by Crippen LogP contribution is -1.81. The van der Waals surface area contributed by atoms with Gasteiger partial charge in [-0.3, -0.25) is 0 Å². The van der Waals surface area contributed by atoms with Gasteiger partial charge in [-0.15, -0.1) is 0 Å². The Hall–Kier alpha value is 0.310. The van der Waals surface area contributed by atoms with E-state index in [1.807, 2.05) is 0 Å². The van der Waals surface area contributed by atoms with Crippen LogP contribution in [-0.2, 0) is 0 Å². The van der Waals surface area contributed by atoms with E-state index in [0.29, 0.717) is 6.61 Å². The summed E-state index contributed by atoms with van der Waals surface area (Å²) in [5.41, 5.74) is 0. The fourth-order valence-electron chi connectivity index (χ4n) is 1.76. The molecule has 0 heterocycles. The van der Waals surface area contributed by atoms with Crippen LogP contribution in [0.4, 0.5) is 0 Å². The number of thiol groups is 1. The summed E-state index contributed by atoms with van der Waals surface area (Å²) in [7, 11) is 0. The average Bonchev–Trinajstić information content (AvgIpc) is 2.39. The summed E-state index contributed by atoms with van der Waals surface area (Å²) >= 11 is 4.20. The van der Waals surface area contributed by atoms with Crippen molar-refractivity contribution in [1.29, 1.82) is 0 Å². The van der Waals surface area contributed by atoms with Crippen LogP contribution in [0.5, 0.6) is 0 Å². The highest BCUT2D eigenvalue weighted by Gasteiger charge is 1.91. The van der Waals surface area contributed by atoms with Crippen LogP contribution in [0.15, 0.2) is 0 Å². The topological polar surface area (TPSA) is 20.2 Å². The van der Waals surface area contributed by atoms with Crippen LogP contribution in [0.3, 0.4) is 0 Å². The first-order chi connectivity index (χ1) is 8.83. The normalized spacial score (nSPS) is 10.0. The Balaban J connectivity index is 0. The van der Waals surface area contributed by atoms with Crippen molar-refractivity contribution in [3.05, 3.63) is 0 Å². The second-order valence-electron chi connectivity index (χ2n) is 4.98. The molecule has 1 N–H and O–H groups in total. The van der Waals surface area contributed by atoms with E-state index in [2.05, 4.69) is 26.5 Å². The third-order valence-electron chi connectivity index (χ3n) is 3.02. The predicted molar refractivity (Wildman–Crippen MR) is 87.7 cm³/mol. The number of hydrogen-bond donors (Lipinski definition) is 2. The van der Waals surface area contributed by atoms with Crippen LogP contribution >= 0.6 is 12.6 Å². The monoisotopic (exact) mass is 276 g/mol. The molecule has 0 aromatic heterocycles. The molecule has 1 nitrogen and oxygen atoms in total. The number of hydrogen-bond acceptors (Lipinski definition) is 2. The maximum absolute atomic E-state index is 8.07. The molecule has 0 aliphatic heterocycles. The van der Waals surface area contributed by atoms with Crippen LogP contribution in [0.1, 0.15) is 90.9 Å². The predicted octanol–water partition coefficient (Wildman–Crippen LogP) is 5.62. The number of unbranched alkanes of at least 4 members (excludes halogenated alkanes) is 10. The molecule has 0 aliphatic rings. The zero-order valence-electron chi connectivity index (χ0n) is 12.8. The molecule has 0 atom stereocenters. The van der Waals surface area contributed by atoms with E-state index in [4.69, 9.17) is 5.11 Å². The SMILES string of the molecule is CCCCCCCCCCCCS.CCCCO. The minimum Gasteiger partial charge on any atom is -0.396 e. The van der Waals surface area contributed by atoms with Crippen LogP contribution in [-0.4, -0.2) is 17.5 Å². The van der Waals surface area contributed by atoms with Crippen LogP contribution < -0.4 is 0 Å². The molecule has 0 aromatic carbocycles. The first-order valence-corrected chi connectivity index (χ1v) is 8.68. The van der Waals surface area contributed by atoms with E-state index in [9.17, 15) is 0 Å². The Bertz CT molecular complexity index is 106. The van der Waals surface area contributed by atoms with Gasteiger partial charge in [-0.1, -0.05) is 78.1 Å². The maximum atomic E-state index is 8.07. The van der Waals surface area contributed by atoms with E-state index in [1.165, 1.54) is 64.2 Å². The van der Waals surface area contributed by atoms with Gasteiger partial charge in [0.25, 0.3) is 0 Å². The fraction of sp³-hybridized carbons (Fsp3) is 1.00. The van der Waals surface area contributed by atoms with E-state index in [0.717, 1.165) is 18.6 Å². The van der Waals surface area contributed by atoms with Crippen molar-refractivity contribution < 1.29 is 5.11 Å². The van der Waals surface area contributed by atoms with Crippen molar-refractivity contribution in [2.24, 2.45) is 0 Å². The number of aliphatic hydroxyl groups excluding tert-OH is 1. The molecule has 18 heavy (non-hydrogen) atoms. The molecule has 2 heteroatoms. The van der Waals surface area contributed by atoms with E-state index >= 15 is 0 Å². The molecule has 0 saturated heterocycles. The molecule has 0 spiro atoms. The van der Waals surface area contributed by atoms with Crippen LogP contribution in [0.25, 0.3) is 0 Å². The summed E-state index contributed by atoms with van der Waals surface area (Å²) in [6.07, 6.45) is 16.2. The third kappa shape index (κ3) is 25.2. The minimum atomic E-state index is 0.344. The molecule has 0 rings (SSSR count). The summed E-state index contributed by atoms with van der Waals surface area (Å²) in [5.74, 6) is 1.07. The van der Waals surface area contributed by atoms with Crippen molar-refractivity contribution in [3.63, 3.8) is 0 Å². The van der Waals surface area contributed by atoms with Gasteiger partial charge in [0, 0.05) is 6.61 Å². The molecule has 0 saturated carbocycles. The van der Waals surface area contributed by atoms with Gasteiger partial charge in [0.05, 0.1) is 0 Å². The van der Waals surface area contributed by atoms with Gasteiger partial charge >= 0.3 is 0 Å². The zero-order chi connectivity index (χ0) is 13.9. The Morgan fingerprint density at radius 1 is 0.611 bits per heavy atom. The highest BCUT2D eigenvalue weighted by Crippen LogP contribution is 2.10. The van der Waals surface area contributed by atoms with Crippen molar-refractivity contribution in [3.8, 4) is 0 Å². The van der Waals surface area contributed by atoms with Gasteiger partial charge in [-0.2, -0.15) is 12.6 Å². The number of rotatable bonds is 12. The van der Waals surface area contributed by atoms with Crippen molar-refractivity contribution >= 4 is 12.6 Å². The summed E-state index contributed by atoms with van der Waals surface area (Å²) < 4.78 is 0. The molecular formula is C16H36OS. The summed E-state index contributed by atoms with van der Waals surface area (Å²) in [6, 6.07) is 0. The standard InChI is InChI=1S/C12H26S.C4H10O/c1-2-3-4-5-6-7-8-9-10-11-12-13;1-2-3-4-5/h13H,2-12H2,1H3;5H,2-4H2,1H3. The molecule has 0 bridgehead atoms. The minimum absolute atomic E-state index is 0.344. The second kappa shape index (κ2) is 22.5. The van der Waals surface area contributed by atoms with Gasteiger partial charge in [0.2, 0.25) is 0 Å². The molecule has 0 radical (unpaired) electrons. The first-order valence-electron chi connectivity index (χ1n) is 8.05. The molecule has 112 valence electrons. The van der Waals surface area contributed by atoms with E-state index < -0.39 is 0 Å². The second-order valence-corrected chi connectivity index (χ2v) is 5.43. The smallest absolute Gasteiger partial charge is 0.0430 e. The number of aliphatic hydroxyl groups is 1. The summed E-state index contributed by atoms with van der Waals surface area (Å²) in [4.78, 5) is 0. The largest absolute Gasteiger partial charge is 0.396 e. The third-order valence-corrected chi connectivity index (χ3v) is 3.34. The lowest BCUT2D eigenvalue weighted by molar-refractivity contribution is 0.287. The lowest BCUT2D eigenvalue weighted by Gasteiger charge is -2.00. The molecule has 0 unspecified atom stereocenters. The Morgan fingerprint density at radius 3 is 1.28 bits per heavy atom. The van der Waals surface area contributed by atoms with Crippen molar-refractivity contribution in [1.82, 2.24) is 0 Å². The van der Waals surface area contributed by atoms with Gasteiger partial charge in [-0.25, -0.2) is 0 Å². The Kier molecular flexibility index (Phi) is 25.8. The van der Waals surface area contributed by atoms with Crippen molar-refractivity contribution in [2.75, 3.05) is 12.4 Å². The van der Waals surface area contributed by atoms with Crippen molar-refractivity contribution in [2.45, 2.75) is 90.9 Å². The highest BCUT2D eigenvalue weighted by molar-refractivity contribution is 7.80. The Morgan fingerprint density at radius 2 is 1.00 bits per heavy atom. The van der Waals surface area contributed by atoms with Gasteiger partial charge in [0.15, 0.2) is 0 Å². The maximum Gasteiger partial charge on any atom is 0.0430 e. The lowest BCUT2D eigenvalue weighted by atomic mass is 10.1. The zero-order valence-corrected chi connectivity index (χ0v) is 13.7. The summed E-state index contributed by atoms with van der Waals surface area (Å²) in [5, 5.41) is 8.07. The van der Waals surface area contributed by atoms with E-state index in [1.54, 1.807) is 0 Å². The Labute approximate surface area is 121 Å². The molecule has 0 aromatic rings. The van der Waals surface area contributed by atoms with Gasteiger partial charge in [0.1, 0.15) is 0 Å². The van der Waals surface area contributed by atoms with Gasteiger partial charge in [-0.05, 0) is 18.6 Å². The molecule has 0 fully saturated rings.